The van der Waals surface area contributed by atoms with E-state index in [-0.39, 0.29) is 11.3 Å². The van der Waals surface area contributed by atoms with Crippen LogP contribution in [0.2, 0.25) is 0 Å². The highest BCUT2D eigenvalue weighted by molar-refractivity contribution is 7.98. The Kier molecular flexibility index (Phi) is 5.08. The van der Waals surface area contributed by atoms with Crippen molar-refractivity contribution in [1.82, 2.24) is 4.90 Å². The van der Waals surface area contributed by atoms with Crippen molar-refractivity contribution >= 4 is 23.4 Å². The van der Waals surface area contributed by atoms with E-state index in [1.807, 2.05) is 6.26 Å². The summed E-state index contributed by atoms with van der Waals surface area (Å²) in [6.07, 6.45) is 1.90. The van der Waals surface area contributed by atoms with Crippen LogP contribution in [0.15, 0.2) is 18.2 Å². The SMILES string of the molecule is CSCCN(C)C(=O)c1cc([N+](=O)[O-])ccc1F. The first-order chi connectivity index (χ1) is 8.47. The second-order valence-corrected chi connectivity index (χ2v) is 4.63. The molecule has 0 fully saturated rings. The lowest BCUT2D eigenvalue weighted by Gasteiger charge is -2.16. The van der Waals surface area contributed by atoms with E-state index in [1.165, 1.54) is 11.9 Å². The number of carbonyl (C=O) groups is 1. The lowest BCUT2D eigenvalue weighted by molar-refractivity contribution is -0.384. The standard InChI is InChI=1S/C11H13FN2O3S/c1-13(5-6-18-2)11(15)9-7-8(14(16)17)3-4-10(9)12/h3-4,7H,5-6H2,1-2H3. The highest BCUT2D eigenvalue weighted by Crippen LogP contribution is 2.18. The van der Waals surface area contributed by atoms with Gasteiger partial charge in [-0.1, -0.05) is 0 Å². The van der Waals surface area contributed by atoms with Crippen molar-refractivity contribution in [3.8, 4) is 0 Å². The number of nitro groups is 1. The van der Waals surface area contributed by atoms with Crippen molar-refractivity contribution in [3.63, 3.8) is 0 Å². The third kappa shape index (κ3) is 3.43. The zero-order valence-corrected chi connectivity index (χ0v) is 10.9. The minimum Gasteiger partial charge on any atom is -0.341 e. The van der Waals surface area contributed by atoms with Crippen LogP contribution in [0.4, 0.5) is 10.1 Å². The molecule has 1 rings (SSSR count). The Bertz CT molecular complexity index is 468. The molecule has 98 valence electrons. The molecule has 0 N–H and O–H groups in total. The number of hydrogen-bond acceptors (Lipinski definition) is 4. The van der Waals surface area contributed by atoms with E-state index in [0.29, 0.717) is 6.54 Å². The van der Waals surface area contributed by atoms with Crippen LogP contribution in [-0.2, 0) is 0 Å². The average molecular weight is 272 g/mol. The molecule has 1 amide bonds. The molecule has 0 heterocycles. The first-order valence-corrected chi connectivity index (χ1v) is 6.55. The van der Waals surface area contributed by atoms with Crippen molar-refractivity contribution in [3.05, 3.63) is 39.7 Å². The molecule has 1 aromatic rings. The van der Waals surface area contributed by atoms with Gasteiger partial charge in [-0.3, -0.25) is 14.9 Å². The molecule has 18 heavy (non-hydrogen) atoms. The summed E-state index contributed by atoms with van der Waals surface area (Å²) in [5, 5.41) is 10.6. The number of nitro benzene ring substituents is 1. The monoisotopic (exact) mass is 272 g/mol. The van der Waals surface area contributed by atoms with Crippen molar-refractivity contribution < 1.29 is 14.1 Å². The lowest BCUT2D eigenvalue weighted by Crippen LogP contribution is -2.29. The van der Waals surface area contributed by atoms with E-state index < -0.39 is 16.6 Å². The molecule has 0 saturated heterocycles. The number of halogens is 1. The second-order valence-electron chi connectivity index (χ2n) is 3.64. The fourth-order valence-corrected chi connectivity index (χ4v) is 1.78. The molecule has 5 nitrogen and oxygen atoms in total. The molecule has 1 aromatic carbocycles. The number of non-ortho nitro benzene ring substituents is 1. The zero-order chi connectivity index (χ0) is 13.7. The van der Waals surface area contributed by atoms with E-state index in [4.69, 9.17) is 0 Å². The predicted molar refractivity (Wildman–Crippen MR) is 68.4 cm³/mol. The van der Waals surface area contributed by atoms with Crippen LogP contribution in [0.3, 0.4) is 0 Å². The summed E-state index contributed by atoms with van der Waals surface area (Å²) < 4.78 is 13.5. The number of amides is 1. The van der Waals surface area contributed by atoms with Crippen LogP contribution in [-0.4, -0.2) is 41.3 Å². The van der Waals surface area contributed by atoms with Crippen molar-refractivity contribution in [2.75, 3.05) is 25.6 Å². The lowest BCUT2D eigenvalue weighted by atomic mass is 10.1. The van der Waals surface area contributed by atoms with Gasteiger partial charge in [-0.25, -0.2) is 4.39 Å². The smallest absolute Gasteiger partial charge is 0.270 e. The van der Waals surface area contributed by atoms with Crippen LogP contribution in [0.1, 0.15) is 10.4 Å². The van der Waals surface area contributed by atoms with Crippen LogP contribution in [0.25, 0.3) is 0 Å². The number of nitrogens with zero attached hydrogens (tertiary/aromatic N) is 2. The molecule has 0 radical (unpaired) electrons. The molecule has 0 saturated carbocycles. The Morgan fingerprint density at radius 3 is 2.78 bits per heavy atom. The van der Waals surface area contributed by atoms with Gasteiger partial charge in [0, 0.05) is 31.5 Å². The Labute approximate surface area is 108 Å². The topological polar surface area (TPSA) is 63.5 Å². The first kappa shape index (κ1) is 14.4. The molecule has 0 aliphatic rings. The van der Waals surface area contributed by atoms with Gasteiger partial charge < -0.3 is 4.90 Å². The molecular formula is C11H13FN2O3S. The Balaban J connectivity index is 2.97. The molecule has 0 aromatic heterocycles. The number of benzene rings is 1. The van der Waals surface area contributed by atoms with Gasteiger partial charge in [-0.2, -0.15) is 11.8 Å². The van der Waals surface area contributed by atoms with Gasteiger partial charge in [0.2, 0.25) is 0 Å². The van der Waals surface area contributed by atoms with E-state index in [2.05, 4.69) is 0 Å². The molecule has 0 spiro atoms. The summed E-state index contributed by atoms with van der Waals surface area (Å²) in [6, 6.07) is 2.94. The summed E-state index contributed by atoms with van der Waals surface area (Å²) in [4.78, 5) is 23.2. The highest BCUT2D eigenvalue weighted by atomic mass is 32.2. The molecular weight excluding hydrogens is 259 g/mol. The normalized spacial score (nSPS) is 10.2. The molecule has 0 atom stereocenters. The summed E-state index contributed by atoms with van der Waals surface area (Å²) in [5.41, 5.74) is -0.564. The van der Waals surface area contributed by atoms with E-state index >= 15 is 0 Å². The molecule has 0 unspecified atom stereocenters. The quantitative estimate of drug-likeness (QED) is 0.608. The summed E-state index contributed by atoms with van der Waals surface area (Å²) in [7, 11) is 1.54. The van der Waals surface area contributed by atoms with Crippen LogP contribution in [0.5, 0.6) is 0 Å². The zero-order valence-electron chi connectivity index (χ0n) is 10.1. The first-order valence-electron chi connectivity index (χ1n) is 5.15. The maximum atomic E-state index is 13.5. The van der Waals surface area contributed by atoms with E-state index in [9.17, 15) is 19.3 Å². The Hall–Kier alpha value is -1.63. The van der Waals surface area contributed by atoms with Crippen molar-refractivity contribution in [2.24, 2.45) is 0 Å². The minimum absolute atomic E-state index is 0.271. The van der Waals surface area contributed by atoms with Crippen LogP contribution in [0, 0.1) is 15.9 Å². The number of carbonyl (C=O) groups excluding carboxylic acids is 1. The number of hydrogen-bond donors (Lipinski definition) is 0. The van der Waals surface area contributed by atoms with Gasteiger partial charge in [0.25, 0.3) is 11.6 Å². The third-order valence-electron chi connectivity index (χ3n) is 2.37. The maximum absolute atomic E-state index is 13.5. The third-order valence-corrected chi connectivity index (χ3v) is 2.96. The van der Waals surface area contributed by atoms with Crippen LogP contribution >= 0.6 is 11.8 Å². The summed E-state index contributed by atoms with van der Waals surface area (Å²) in [6.45, 7) is 0.460. The summed E-state index contributed by atoms with van der Waals surface area (Å²) in [5.74, 6) is -0.578. The van der Waals surface area contributed by atoms with Gasteiger partial charge in [-0.15, -0.1) is 0 Å². The van der Waals surface area contributed by atoms with E-state index in [0.717, 1.165) is 24.0 Å². The Morgan fingerprint density at radius 1 is 1.56 bits per heavy atom. The van der Waals surface area contributed by atoms with Gasteiger partial charge in [0.05, 0.1) is 10.5 Å². The minimum atomic E-state index is -0.749. The van der Waals surface area contributed by atoms with Crippen molar-refractivity contribution in [1.29, 1.82) is 0 Å². The molecule has 7 heteroatoms. The Morgan fingerprint density at radius 2 is 2.22 bits per heavy atom. The second kappa shape index (κ2) is 6.34. The van der Waals surface area contributed by atoms with Gasteiger partial charge in [0.15, 0.2) is 0 Å². The van der Waals surface area contributed by atoms with Gasteiger partial charge >= 0.3 is 0 Å². The summed E-state index contributed by atoms with van der Waals surface area (Å²) >= 11 is 1.56. The molecule has 0 aliphatic heterocycles. The molecule has 0 bridgehead atoms. The predicted octanol–water partition coefficient (Wildman–Crippen LogP) is 2.17. The number of rotatable bonds is 5. The fourth-order valence-electron chi connectivity index (χ4n) is 1.33. The van der Waals surface area contributed by atoms with Gasteiger partial charge in [-0.05, 0) is 12.3 Å². The molecule has 0 aliphatic carbocycles. The van der Waals surface area contributed by atoms with E-state index in [1.54, 1.807) is 11.8 Å². The highest BCUT2D eigenvalue weighted by Gasteiger charge is 2.19. The maximum Gasteiger partial charge on any atom is 0.270 e. The van der Waals surface area contributed by atoms with Gasteiger partial charge in [0.1, 0.15) is 5.82 Å². The van der Waals surface area contributed by atoms with Crippen LogP contribution < -0.4 is 0 Å². The van der Waals surface area contributed by atoms with Crippen molar-refractivity contribution in [2.45, 2.75) is 0 Å². The fraction of sp³-hybridized carbons (Fsp3) is 0.364. The number of thioether (sulfide) groups is 1. The average Bonchev–Trinajstić information content (AvgIpc) is 2.35. The largest absolute Gasteiger partial charge is 0.341 e.